The number of aromatic nitrogens is 4. The van der Waals surface area contributed by atoms with Gasteiger partial charge in [-0.25, -0.2) is 14.2 Å². The monoisotopic (exact) mass is 447 g/mol. The lowest BCUT2D eigenvalue weighted by atomic mass is 10.2. The van der Waals surface area contributed by atoms with E-state index in [0.29, 0.717) is 6.07 Å². The summed E-state index contributed by atoms with van der Waals surface area (Å²) in [7, 11) is -4.79. The Bertz CT molecular complexity index is 1240. The summed E-state index contributed by atoms with van der Waals surface area (Å²) in [5, 5.41) is 2.27. The average molecular weight is 447 g/mol. The number of halogens is 4. The first kappa shape index (κ1) is 21.4. The van der Waals surface area contributed by atoms with Gasteiger partial charge in [-0.2, -0.15) is 31.1 Å². The summed E-state index contributed by atoms with van der Waals surface area (Å²) in [6.45, 7) is 2.71. The highest BCUT2D eigenvalue weighted by Crippen LogP contribution is 2.30. The molecule has 9 nitrogen and oxygen atoms in total. The summed E-state index contributed by atoms with van der Waals surface area (Å²) in [6.07, 6.45) is -4.86. The second-order valence-corrected chi connectivity index (χ2v) is 7.45. The van der Waals surface area contributed by atoms with Crippen LogP contribution in [0.25, 0.3) is 5.78 Å². The van der Waals surface area contributed by atoms with Gasteiger partial charge in [0.25, 0.3) is 21.0 Å². The molecule has 0 aliphatic rings. The minimum Gasteiger partial charge on any atom is -0.462 e. The molecule has 14 heteroatoms. The van der Waals surface area contributed by atoms with Crippen molar-refractivity contribution in [2.24, 2.45) is 0 Å². The first-order valence-corrected chi connectivity index (χ1v) is 9.72. The zero-order chi connectivity index (χ0) is 22.3. The summed E-state index contributed by atoms with van der Waals surface area (Å²) in [5.41, 5.74) is -2.56. The second-order valence-electron chi connectivity index (χ2n) is 5.88. The number of carbonyl (C=O) groups excluding carboxylic acids is 1. The summed E-state index contributed by atoms with van der Waals surface area (Å²) in [4.78, 5) is 19.2. The number of rotatable bonds is 5. The molecule has 0 saturated heterocycles. The minimum absolute atomic E-state index is 0.0548. The predicted molar refractivity (Wildman–Crippen MR) is 93.7 cm³/mol. The molecule has 30 heavy (non-hydrogen) atoms. The molecule has 0 unspecified atom stereocenters. The van der Waals surface area contributed by atoms with Crippen LogP contribution in [0.3, 0.4) is 0 Å². The zero-order valence-corrected chi connectivity index (χ0v) is 16.2. The summed E-state index contributed by atoms with van der Waals surface area (Å²) < 4.78 is 85.9. The normalized spacial score (nSPS) is 12.2. The number of alkyl halides is 3. The van der Waals surface area contributed by atoms with Crippen molar-refractivity contribution in [1.29, 1.82) is 0 Å². The van der Waals surface area contributed by atoms with Crippen molar-refractivity contribution in [2.75, 3.05) is 11.3 Å². The van der Waals surface area contributed by atoms with Crippen LogP contribution in [0.5, 0.6) is 0 Å². The molecule has 3 rings (SSSR count). The van der Waals surface area contributed by atoms with E-state index < -0.39 is 55.9 Å². The number of hydrogen-bond acceptors (Lipinski definition) is 7. The fraction of sp³-hybridized carbons (Fsp3) is 0.250. The van der Waals surface area contributed by atoms with Gasteiger partial charge in [-0.1, -0.05) is 6.07 Å². The van der Waals surface area contributed by atoms with Gasteiger partial charge in [-0.15, -0.1) is 5.10 Å². The predicted octanol–water partition coefficient (Wildman–Crippen LogP) is 2.57. The van der Waals surface area contributed by atoms with E-state index in [9.17, 15) is 30.8 Å². The molecule has 2 aromatic heterocycles. The fourth-order valence-corrected chi connectivity index (χ4v) is 3.43. The van der Waals surface area contributed by atoms with Gasteiger partial charge in [0.15, 0.2) is 5.69 Å². The van der Waals surface area contributed by atoms with Crippen molar-refractivity contribution in [3.8, 4) is 0 Å². The Hall–Kier alpha value is -3.29. The van der Waals surface area contributed by atoms with Gasteiger partial charge in [-0.05, 0) is 32.0 Å². The number of aryl methyl sites for hydroxylation is 1. The molecule has 0 atom stereocenters. The first-order chi connectivity index (χ1) is 13.9. The molecule has 160 valence electrons. The van der Waals surface area contributed by atoms with Crippen LogP contribution < -0.4 is 4.72 Å². The number of benzene rings is 1. The Balaban J connectivity index is 2.10. The van der Waals surface area contributed by atoms with Gasteiger partial charge >= 0.3 is 12.1 Å². The Morgan fingerprint density at radius 3 is 2.60 bits per heavy atom. The summed E-state index contributed by atoms with van der Waals surface area (Å²) in [5.74, 6) is -2.74. The van der Waals surface area contributed by atoms with Gasteiger partial charge in [-0.3, -0.25) is 4.72 Å². The van der Waals surface area contributed by atoms with Gasteiger partial charge in [0, 0.05) is 5.69 Å². The third-order valence-corrected chi connectivity index (χ3v) is 4.82. The van der Waals surface area contributed by atoms with Crippen LogP contribution in [0.1, 0.15) is 28.7 Å². The van der Waals surface area contributed by atoms with Gasteiger partial charge in [0.2, 0.25) is 0 Å². The number of sulfonamides is 1. The number of esters is 1. The third-order valence-electron chi connectivity index (χ3n) is 3.70. The molecular weight excluding hydrogens is 434 g/mol. The topological polar surface area (TPSA) is 116 Å². The molecule has 0 spiro atoms. The van der Waals surface area contributed by atoms with Crippen LogP contribution in [0.2, 0.25) is 0 Å². The maximum absolute atomic E-state index is 14.2. The van der Waals surface area contributed by atoms with Gasteiger partial charge in [0.1, 0.15) is 5.82 Å². The minimum atomic E-state index is -4.86. The van der Waals surface area contributed by atoms with Crippen LogP contribution >= 0.6 is 0 Å². The van der Waals surface area contributed by atoms with E-state index in [-0.39, 0.29) is 16.8 Å². The third kappa shape index (κ3) is 4.03. The lowest BCUT2D eigenvalue weighted by Gasteiger charge is -2.11. The molecule has 0 aliphatic carbocycles. The zero-order valence-electron chi connectivity index (χ0n) is 15.4. The quantitative estimate of drug-likeness (QED) is 0.472. The number of nitrogens with one attached hydrogen (secondary N) is 1. The van der Waals surface area contributed by atoms with Crippen LogP contribution in [0.4, 0.5) is 23.2 Å². The molecule has 3 aromatic rings. The number of fused-ring (bicyclic) bond motifs is 1. The number of hydrogen-bond donors (Lipinski definition) is 1. The fourth-order valence-electron chi connectivity index (χ4n) is 2.47. The van der Waals surface area contributed by atoms with Crippen molar-refractivity contribution in [1.82, 2.24) is 19.6 Å². The highest BCUT2D eigenvalue weighted by Gasteiger charge is 2.36. The standard InChI is InChI=1S/C16H13F4N5O4S/c1-3-29-13(26)9-5-4-6-10(17)12(9)24-30(27,28)15-22-14-21-8(2)7-11(16(18,19)20)25(14)23-15/h4-7,24H,3H2,1-2H3. The Labute approximate surface area is 166 Å². The van der Waals surface area contributed by atoms with E-state index in [1.54, 1.807) is 4.72 Å². The highest BCUT2D eigenvalue weighted by atomic mass is 32.2. The van der Waals surface area contributed by atoms with Gasteiger partial charge in [0.05, 0.1) is 17.9 Å². The van der Waals surface area contributed by atoms with Gasteiger partial charge < -0.3 is 4.74 Å². The van der Waals surface area contributed by atoms with E-state index in [0.717, 1.165) is 18.2 Å². The van der Waals surface area contributed by atoms with Crippen LogP contribution in [-0.4, -0.2) is 40.6 Å². The number of anilines is 1. The highest BCUT2D eigenvalue weighted by molar-refractivity contribution is 7.92. The number of carbonyl (C=O) groups is 1. The molecule has 0 amide bonds. The molecule has 0 bridgehead atoms. The molecule has 1 N–H and O–H groups in total. The molecule has 0 fully saturated rings. The first-order valence-electron chi connectivity index (χ1n) is 8.24. The van der Waals surface area contributed by atoms with E-state index >= 15 is 0 Å². The Kier molecular flexibility index (Phi) is 5.36. The van der Waals surface area contributed by atoms with E-state index in [1.807, 2.05) is 0 Å². The summed E-state index contributed by atoms with van der Waals surface area (Å²) >= 11 is 0. The van der Waals surface area contributed by atoms with Crippen molar-refractivity contribution in [3.05, 3.63) is 47.0 Å². The molecule has 0 aliphatic heterocycles. The number of nitrogens with zero attached hydrogens (tertiary/aromatic N) is 4. The maximum atomic E-state index is 14.2. The smallest absolute Gasteiger partial charge is 0.433 e. The van der Waals surface area contributed by atoms with Crippen LogP contribution in [0, 0.1) is 12.7 Å². The summed E-state index contributed by atoms with van der Waals surface area (Å²) in [6, 6.07) is 3.82. The van der Waals surface area contributed by atoms with E-state index in [1.165, 1.54) is 13.8 Å². The van der Waals surface area contributed by atoms with E-state index in [2.05, 4.69) is 15.1 Å². The number of para-hydroxylation sites is 1. The molecular formula is C16H13F4N5O4S. The SMILES string of the molecule is CCOC(=O)c1cccc(F)c1NS(=O)(=O)c1nc2nc(C)cc(C(F)(F)F)n2n1. The molecule has 1 aromatic carbocycles. The van der Waals surface area contributed by atoms with Crippen molar-refractivity contribution in [2.45, 2.75) is 25.2 Å². The van der Waals surface area contributed by atoms with Crippen LogP contribution in [-0.2, 0) is 20.9 Å². The van der Waals surface area contributed by atoms with E-state index in [4.69, 9.17) is 4.74 Å². The molecule has 2 heterocycles. The van der Waals surface area contributed by atoms with Crippen LogP contribution in [0.15, 0.2) is 29.4 Å². The van der Waals surface area contributed by atoms with Crippen molar-refractivity contribution in [3.63, 3.8) is 0 Å². The van der Waals surface area contributed by atoms with Crippen molar-refractivity contribution >= 4 is 27.5 Å². The average Bonchev–Trinajstić information content (AvgIpc) is 3.06. The number of ether oxygens (including phenoxy) is 1. The largest absolute Gasteiger partial charge is 0.462 e. The maximum Gasteiger partial charge on any atom is 0.433 e. The molecule has 0 saturated carbocycles. The lowest BCUT2D eigenvalue weighted by molar-refractivity contribution is -0.142. The molecule has 0 radical (unpaired) electrons. The lowest BCUT2D eigenvalue weighted by Crippen LogP contribution is -2.19. The Morgan fingerprint density at radius 1 is 1.27 bits per heavy atom. The van der Waals surface area contributed by atoms with Crippen molar-refractivity contribution < 1.29 is 35.5 Å². The Morgan fingerprint density at radius 2 is 1.97 bits per heavy atom. The second kappa shape index (κ2) is 7.51.